The molecule has 0 aromatic carbocycles. The number of esters is 1. The highest BCUT2D eigenvalue weighted by atomic mass is 35.5. The number of fused-ring (bicyclic) bond motifs is 1. The van der Waals surface area contributed by atoms with Crippen LogP contribution in [0.1, 0.15) is 37.0 Å². The molecule has 4 rings (SSSR count). The van der Waals surface area contributed by atoms with Crippen molar-refractivity contribution in [2.75, 3.05) is 18.6 Å². The van der Waals surface area contributed by atoms with Gasteiger partial charge in [-0.25, -0.2) is 19.6 Å². The first-order valence-corrected chi connectivity index (χ1v) is 16.3. The molecule has 0 aliphatic carbocycles. The molecule has 1 saturated heterocycles. The number of rotatable bonds is 11. The van der Waals surface area contributed by atoms with Gasteiger partial charge in [0.2, 0.25) is 6.29 Å². The number of carbonyl (C=O) groups excluding carboxylic acids is 4. The van der Waals surface area contributed by atoms with Crippen LogP contribution in [-0.4, -0.2) is 81.2 Å². The average molecular weight is 705 g/mol. The minimum atomic E-state index is -1.30. The van der Waals surface area contributed by atoms with Crippen molar-refractivity contribution in [1.82, 2.24) is 20.2 Å². The molecule has 0 radical (unpaired) electrons. The Kier molecular flexibility index (Phi) is 12.5. The number of thioether (sulfide) groups is 2. The number of amides is 2. The molecule has 1 fully saturated rings. The largest absolute Gasteiger partial charge is 0.511 e. The minimum Gasteiger partial charge on any atom is -0.431 e. The van der Waals surface area contributed by atoms with Gasteiger partial charge in [0.25, 0.3) is 11.8 Å². The van der Waals surface area contributed by atoms with E-state index in [1.165, 1.54) is 53.8 Å². The standard InChI is InChI=1S/C25H28N6O8S4.ClH/c1-11(2)37-25(35)39-13(4)38-23(34)19-16(40-7-6-15-12(3)27-10-43-15)9-41-22-18(21(33)31(19)22)29-20(32)17(30-36-5)14-8-42-24(26)28-14;/h6-8,10-11,13,18,22H,9H2,1-5H3,(H2,26,28)(H,29,32);1H/b7-6-,30-17-;/t13?,18-,22-;/m1./s1. The Bertz CT molecular complexity index is 1490. The average Bonchev–Trinajstić information content (AvgIpc) is 3.56. The highest BCUT2D eigenvalue weighted by Gasteiger charge is 2.55. The molecule has 2 aromatic rings. The van der Waals surface area contributed by atoms with Crippen molar-refractivity contribution >= 4 is 99.5 Å². The maximum absolute atomic E-state index is 13.4. The number of aromatic nitrogens is 2. The molecule has 3 N–H and O–H groups in total. The summed E-state index contributed by atoms with van der Waals surface area (Å²) in [6, 6.07) is -0.977. The lowest BCUT2D eigenvalue weighted by Crippen LogP contribution is -2.71. The highest BCUT2D eigenvalue weighted by Crippen LogP contribution is 2.44. The summed E-state index contributed by atoms with van der Waals surface area (Å²) in [4.78, 5) is 67.6. The van der Waals surface area contributed by atoms with Crippen LogP contribution in [-0.2, 0) is 33.4 Å². The van der Waals surface area contributed by atoms with E-state index in [1.807, 2.05) is 13.0 Å². The van der Waals surface area contributed by atoms with Crippen molar-refractivity contribution in [3.63, 3.8) is 0 Å². The maximum atomic E-state index is 13.4. The summed E-state index contributed by atoms with van der Waals surface area (Å²) < 4.78 is 15.3. The van der Waals surface area contributed by atoms with Crippen LogP contribution in [0.4, 0.5) is 9.93 Å². The van der Waals surface area contributed by atoms with Crippen molar-refractivity contribution in [2.45, 2.75) is 51.5 Å². The molecular weight excluding hydrogens is 676 g/mol. The SMILES string of the molecule is CO/N=C(\C(=O)N[C@@H]1C(=O)N2C(C(=O)OC(C)OC(=O)OC(C)C)=C(S/C=C\c3scnc3C)CS[C@H]12)c1csc(N)n1.Cl. The summed E-state index contributed by atoms with van der Waals surface area (Å²) >= 11 is 5.19. The molecular formula is C25H29ClN6O8S4. The van der Waals surface area contributed by atoms with E-state index >= 15 is 0 Å². The fraction of sp³-hybridized carbons (Fsp3) is 0.400. The second-order valence-corrected chi connectivity index (χ2v) is 12.9. The highest BCUT2D eigenvalue weighted by molar-refractivity contribution is 8.08. The van der Waals surface area contributed by atoms with E-state index in [4.69, 9.17) is 24.8 Å². The minimum absolute atomic E-state index is 0. The lowest BCUT2D eigenvalue weighted by atomic mass is 10.0. The summed E-state index contributed by atoms with van der Waals surface area (Å²) in [5.41, 5.74) is 8.31. The van der Waals surface area contributed by atoms with E-state index in [-0.39, 0.29) is 34.6 Å². The molecule has 238 valence electrons. The Morgan fingerprint density at radius 2 is 1.98 bits per heavy atom. The van der Waals surface area contributed by atoms with Gasteiger partial charge >= 0.3 is 12.1 Å². The predicted octanol–water partition coefficient (Wildman–Crippen LogP) is 3.73. The molecule has 2 amide bonds. The molecule has 0 spiro atoms. The van der Waals surface area contributed by atoms with Crippen molar-refractivity contribution in [3.05, 3.63) is 43.2 Å². The number of nitrogens with one attached hydrogen (secondary N) is 1. The van der Waals surface area contributed by atoms with E-state index in [1.54, 1.807) is 30.1 Å². The fourth-order valence-electron chi connectivity index (χ4n) is 3.81. The number of ether oxygens (including phenoxy) is 3. The van der Waals surface area contributed by atoms with Gasteiger partial charge < -0.3 is 30.1 Å². The number of oxime groups is 1. The van der Waals surface area contributed by atoms with Crippen LogP contribution >= 0.6 is 58.6 Å². The van der Waals surface area contributed by atoms with Gasteiger partial charge in [-0.2, -0.15) is 0 Å². The number of nitrogens with zero attached hydrogens (tertiary/aromatic N) is 4. The number of halogens is 1. The van der Waals surface area contributed by atoms with E-state index in [0.29, 0.717) is 10.7 Å². The van der Waals surface area contributed by atoms with Crippen LogP contribution in [0.25, 0.3) is 6.08 Å². The van der Waals surface area contributed by atoms with E-state index in [2.05, 4.69) is 20.4 Å². The Morgan fingerprint density at radius 3 is 2.59 bits per heavy atom. The number of anilines is 1. The van der Waals surface area contributed by atoms with Gasteiger partial charge in [0.15, 0.2) is 10.8 Å². The molecule has 2 aromatic heterocycles. The first-order valence-electron chi connectivity index (χ1n) is 12.6. The van der Waals surface area contributed by atoms with Crippen LogP contribution in [0.3, 0.4) is 0 Å². The summed E-state index contributed by atoms with van der Waals surface area (Å²) in [6.07, 6.45) is -0.872. The second-order valence-electron chi connectivity index (χ2n) is 9.06. The van der Waals surface area contributed by atoms with Gasteiger partial charge in [-0.3, -0.25) is 14.5 Å². The van der Waals surface area contributed by atoms with Gasteiger partial charge in [0.1, 0.15) is 29.9 Å². The number of carbonyl (C=O) groups is 4. The Morgan fingerprint density at radius 1 is 1.23 bits per heavy atom. The van der Waals surface area contributed by atoms with E-state index in [0.717, 1.165) is 21.9 Å². The first-order chi connectivity index (χ1) is 20.5. The fourth-order valence-corrected chi connectivity index (χ4v) is 7.47. The maximum Gasteiger partial charge on any atom is 0.511 e. The molecule has 2 aliphatic rings. The number of hydrogen-bond acceptors (Lipinski definition) is 16. The Labute approximate surface area is 275 Å². The van der Waals surface area contributed by atoms with Crippen molar-refractivity contribution < 1.29 is 38.2 Å². The normalized spacial score (nSPS) is 18.7. The lowest BCUT2D eigenvalue weighted by Gasteiger charge is -2.49. The molecule has 3 atom stereocenters. The zero-order valence-corrected chi connectivity index (χ0v) is 28.1. The van der Waals surface area contributed by atoms with E-state index in [9.17, 15) is 19.2 Å². The quantitative estimate of drug-likeness (QED) is 0.113. The van der Waals surface area contributed by atoms with Crippen LogP contribution in [0.5, 0.6) is 0 Å². The Hall–Kier alpha value is -3.32. The monoisotopic (exact) mass is 704 g/mol. The van der Waals surface area contributed by atoms with Crippen molar-refractivity contribution in [2.24, 2.45) is 5.16 Å². The number of hydrogen-bond donors (Lipinski definition) is 2. The van der Waals surface area contributed by atoms with Crippen LogP contribution in [0.2, 0.25) is 0 Å². The van der Waals surface area contributed by atoms with Gasteiger partial charge in [0, 0.05) is 23.0 Å². The Balaban J connectivity index is 0.00000529. The topological polar surface area (TPSA) is 185 Å². The van der Waals surface area contributed by atoms with Gasteiger partial charge in [-0.05, 0) is 32.3 Å². The van der Waals surface area contributed by atoms with Gasteiger partial charge in [0.05, 0.1) is 22.2 Å². The predicted molar refractivity (Wildman–Crippen MR) is 171 cm³/mol. The molecule has 19 heteroatoms. The third-order valence-electron chi connectivity index (χ3n) is 5.65. The van der Waals surface area contributed by atoms with Crippen LogP contribution in [0.15, 0.2) is 32.1 Å². The summed E-state index contributed by atoms with van der Waals surface area (Å²) in [7, 11) is 1.27. The zero-order valence-electron chi connectivity index (χ0n) is 24.0. The number of nitrogen functional groups attached to an aromatic ring is 1. The number of nitrogens with two attached hydrogens (primary N) is 1. The number of aryl methyl sites for hydroxylation is 1. The smallest absolute Gasteiger partial charge is 0.431 e. The molecule has 0 saturated carbocycles. The third kappa shape index (κ3) is 8.23. The molecule has 4 heterocycles. The summed E-state index contributed by atoms with van der Waals surface area (Å²) in [6.45, 7) is 6.54. The number of thiazole rings is 2. The molecule has 44 heavy (non-hydrogen) atoms. The third-order valence-corrected chi connectivity index (χ3v) is 9.58. The zero-order chi connectivity index (χ0) is 31.3. The van der Waals surface area contributed by atoms with E-state index < -0.39 is 47.7 Å². The first kappa shape index (κ1) is 35.2. The molecule has 14 nitrogen and oxygen atoms in total. The summed E-state index contributed by atoms with van der Waals surface area (Å²) in [5, 5.41) is 9.35. The molecule has 1 unspecified atom stereocenters. The number of β-lactam (4-membered cyclic amide) rings is 1. The van der Waals surface area contributed by atoms with Crippen LogP contribution < -0.4 is 11.1 Å². The molecule has 2 aliphatic heterocycles. The molecule has 0 bridgehead atoms. The second kappa shape index (κ2) is 15.6. The van der Waals surface area contributed by atoms with Gasteiger partial charge in [-0.15, -0.1) is 46.8 Å². The lowest BCUT2D eigenvalue weighted by molar-refractivity contribution is -0.169. The van der Waals surface area contributed by atoms with Gasteiger partial charge in [-0.1, -0.05) is 16.9 Å². The van der Waals surface area contributed by atoms with Crippen LogP contribution in [0, 0.1) is 6.92 Å². The van der Waals surface area contributed by atoms with Crippen molar-refractivity contribution in [1.29, 1.82) is 0 Å². The van der Waals surface area contributed by atoms with Crippen molar-refractivity contribution in [3.8, 4) is 0 Å². The summed E-state index contributed by atoms with van der Waals surface area (Å²) in [5.74, 6) is -1.79.